The lowest BCUT2D eigenvalue weighted by molar-refractivity contribution is 0.101. The van der Waals surface area contributed by atoms with Crippen LogP contribution >= 0.6 is 15.9 Å². The van der Waals surface area contributed by atoms with E-state index in [9.17, 15) is 13.2 Å². The van der Waals surface area contributed by atoms with Crippen molar-refractivity contribution in [2.24, 2.45) is 0 Å². The summed E-state index contributed by atoms with van der Waals surface area (Å²) in [4.78, 5) is 12.2. The Morgan fingerprint density at radius 3 is 2.05 bits per heavy atom. The largest absolute Gasteiger partial charge is 0.292 e. The van der Waals surface area contributed by atoms with Crippen LogP contribution in [-0.2, 0) is 9.84 Å². The molecule has 0 saturated carbocycles. The van der Waals surface area contributed by atoms with E-state index in [-0.39, 0.29) is 5.75 Å². The molecule has 0 N–H and O–H groups in total. The minimum atomic E-state index is -3.44. The van der Waals surface area contributed by atoms with Gasteiger partial charge in [0.05, 0.1) is 0 Å². The highest BCUT2D eigenvalue weighted by molar-refractivity contribution is 9.11. The van der Waals surface area contributed by atoms with E-state index >= 15 is 0 Å². The Kier molecular flexibility index (Phi) is 4.96. The first-order valence-electron chi connectivity index (χ1n) is 6.51. The maximum Gasteiger partial charge on any atom is 0.191 e. The number of hydrogen-bond acceptors (Lipinski definition) is 3. The summed E-state index contributed by atoms with van der Waals surface area (Å²) in [6, 6.07) is 16.7. The fraction of sp³-hybridized carbons (Fsp3) is 0.188. The quantitative estimate of drug-likeness (QED) is 0.598. The molecule has 2 aromatic rings. The molecule has 5 heteroatoms. The standard InChI is InChI=1S/C16H15BrO3S/c1-2-21(19,20)16(17)15(18)14-10-8-13(9-11-14)12-6-4-3-5-7-12/h3-11,16H,2H2,1H3/t16-/m0/s1. The SMILES string of the molecule is CCS(=O)(=O)[C@H](Br)C(=O)c1ccc(-c2ccccc2)cc1. The summed E-state index contributed by atoms with van der Waals surface area (Å²) in [5.41, 5.74) is 2.42. The Morgan fingerprint density at radius 2 is 1.52 bits per heavy atom. The fourth-order valence-electron chi connectivity index (χ4n) is 1.90. The number of hydrogen-bond donors (Lipinski definition) is 0. The Balaban J connectivity index is 2.26. The number of Topliss-reactive ketones (excluding diaryl/α,β-unsaturated/α-hetero) is 1. The van der Waals surface area contributed by atoms with Crippen molar-refractivity contribution in [3.63, 3.8) is 0 Å². The van der Waals surface area contributed by atoms with Gasteiger partial charge in [0.15, 0.2) is 19.8 Å². The van der Waals surface area contributed by atoms with Crippen LogP contribution in [0.25, 0.3) is 11.1 Å². The van der Waals surface area contributed by atoms with Crippen molar-refractivity contribution < 1.29 is 13.2 Å². The van der Waals surface area contributed by atoms with Crippen LogP contribution in [0.1, 0.15) is 17.3 Å². The number of benzene rings is 2. The van der Waals surface area contributed by atoms with E-state index in [0.717, 1.165) is 11.1 Å². The summed E-state index contributed by atoms with van der Waals surface area (Å²) in [6.45, 7) is 1.52. The molecule has 0 bridgehead atoms. The zero-order chi connectivity index (χ0) is 15.5. The monoisotopic (exact) mass is 366 g/mol. The number of carbonyl (C=O) groups excluding carboxylic acids is 1. The first-order valence-corrected chi connectivity index (χ1v) is 9.14. The summed E-state index contributed by atoms with van der Waals surface area (Å²) >= 11 is 2.99. The number of carbonyl (C=O) groups is 1. The predicted molar refractivity (Wildman–Crippen MR) is 88.4 cm³/mol. The molecule has 0 saturated heterocycles. The van der Waals surface area contributed by atoms with E-state index < -0.39 is 19.8 Å². The molecule has 0 aliphatic carbocycles. The lowest BCUT2D eigenvalue weighted by atomic mass is 10.0. The van der Waals surface area contributed by atoms with Crippen molar-refractivity contribution >= 4 is 31.6 Å². The molecule has 0 heterocycles. The number of rotatable bonds is 5. The summed E-state index contributed by atoms with van der Waals surface area (Å²) in [6.07, 6.45) is 0. The molecule has 110 valence electrons. The van der Waals surface area contributed by atoms with Crippen LogP contribution in [-0.4, -0.2) is 24.1 Å². The molecular weight excluding hydrogens is 352 g/mol. The molecular formula is C16H15BrO3S. The Morgan fingerprint density at radius 1 is 1.00 bits per heavy atom. The number of sulfone groups is 1. The average Bonchev–Trinajstić information content (AvgIpc) is 2.54. The molecule has 0 radical (unpaired) electrons. The van der Waals surface area contributed by atoms with Gasteiger partial charge in [0.25, 0.3) is 0 Å². The van der Waals surface area contributed by atoms with Crippen LogP contribution < -0.4 is 0 Å². The molecule has 0 amide bonds. The molecule has 0 aromatic heterocycles. The van der Waals surface area contributed by atoms with Crippen molar-refractivity contribution in [3.05, 3.63) is 60.2 Å². The minimum Gasteiger partial charge on any atom is -0.292 e. The molecule has 0 fully saturated rings. The highest BCUT2D eigenvalue weighted by atomic mass is 79.9. The van der Waals surface area contributed by atoms with Gasteiger partial charge in [-0.15, -0.1) is 0 Å². The Labute approximate surface area is 133 Å². The third kappa shape index (κ3) is 3.60. The van der Waals surface area contributed by atoms with Crippen molar-refractivity contribution in [1.29, 1.82) is 0 Å². The fourth-order valence-corrected chi connectivity index (χ4v) is 3.71. The molecule has 2 rings (SSSR count). The second-order valence-corrected chi connectivity index (χ2v) is 8.47. The molecule has 21 heavy (non-hydrogen) atoms. The summed E-state index contributed by atoms with van der Waals surface area (Å²) < 4.78 is 22.3. The van der Waals surface area contributed by atoms with Crippen LogP contribution in [0, 0.1) is 0 Å². The van der Waals surface area contributed by atoms with Crippen molar-refractivity contribution in [2.45, 2.75) is 11.1 Å². The van der Waals surface area contributed by atoms with Gasteiger partial charge in [-0.25, -0.2) is 8.42 Å². The van der Waals surface area contributed by atoms with Crippen LogP contribution in [0.2, 0.25) is 0 Å². The van der Waals surface area contributed by atoms with Gasteiger partial charge in [0.2, 0.25) is 0 Å². The van der Waals surface area contributed by atoms with Gasteiger partial charge < -0.3 is 0 Å². The van der Waals surface area contributed by atoms with Crippen molar-refractivity contribution in [3.8, 4) is 11.1 Å². The van der Waals surface area contributed by atoms with E-state index in [2.05, 4.69) is 15.9 Å². The molecule has 2 aromatic carbocycles. The van der Waals surface area contributed by atoms with Crippen LogP contribution in [0.15, 0.2) is 54.6 Å². The smallest absolute Gasteiger partial charge is 0.191 e. The predicted octanol–water partition coefficient (Wildman–Crippen LogP) is 3.69. The molecule has 3 nitrogen and oxygen atoms in total. The highest BCUT2D eigenvalue weighted by Gasteiger charge is 2.28. The van der Waals surface area contributed by atoms with Gasteiger partial charge >= 0.3 is 0 Å². The topological polar surface area (TPSA) is 51.2 Å². The third-order valence-corrected chi connectivity index (χ3v) is 6.97. The van der Waals surface area contributed by atoms with Crippen molar-refractivity contribution in [1.82, 2.24) is 0 Å². The molecule has 0 unspecified atom stereocenters. The molecule has 1 atom stereocenters. The van der Waals surface area contributed by atoms with E-state index in [1.54, 1.807) is 12.1 Å². The minimum absolute atomic E-state index is 0.0727. The average molecular weight is 367 g/mol. The lowest BCUT2D eigenvalue weighted by Gasteiger charge is -2.09. The van der Waals surface area contributed by atoms with Gasteiger partial charge in [-0.05, 0) is 11.1 Å². The summed E-state index contributed by atoms with van der Waals surface area (Å²) in [5.74, 6) is -0.506. The maximum atomic E-state index is 12.2. The normalized spacial score (nSPS) is 12.9. The Hall–Kier alpha value is -1.46. The van der Waals surface area contributed by atoms with Gasteiger partial charge in [-0.3, -0.25) is 4.79 Å². The first kappa shape index (κ1) is 15.9. The lowest BCUT2D eigenvalue weighted by Crippen LogP contribution is -2.26. The number of halogens is 1. The van der Waals surface area contributed by atoms with E-state index in [1.165, 1.54) is 6.92 Å². The van der Waals surface area contributed by atoms with Crippen LogP contribution in [0.4, 0.5) is 0 Å². The summed E-state index contributed by atoms with van der Waals surface area (Å²) in [7, 11) is -3.44. The van der Waals surface area contributed by atoms with Gasteiger partial charge in [-0.1, -0.05) is 77.5 Å². The number of ketones is 1. The summed E-state index contributed by atoms with van der Waals surface area (Å²) in [5, 5.41) is 0. The molecule has 0 spiro atoms. The van der Waals surface area contributed by atoms with E-state index in [0.29, 0.717) is 5.56 Å². The van der Waals surface area contributed by atoms with E-state index in [1.807, 2.05) is 42.5 Å². The number of alkyl halides is 1. The Bertz CT molecular complexity index is 722. The van der Waals surface area contributed by atoms with Gasteiger partial charge in [0.1, 0.15) is 0 Å². The van der Waals surface area contributed by atoms with Gasteiger partial charge in [-0.2, -0.15) is 0 Å². The second kappa shape index (κ2) is 6.54. The van der Waals surface area contributed by atoms with Crippen LogP contribution in [0.3, 0.4) is 0 Å². The zero-order valence-electron chi connectivity index (χ0n) is 11.5. The first-order chi connectivity index (χ1) is 9.95. The van der Waals surface area contributed by atoms with E-state index in [4.69, 9.17) is 0 Å². The highest BCUT2D eigenvalue weighted by Crippen LogP contribution is 2.22. The maximum absolute atomic E-state index is 12.2. The molecule has 0 aliphatic rings. The molecule has 0 aliphatic heterocycles. The van der Waals surface area contributed by atoms with Gasteiger partial charge in [0, 0.05) is 11.3 Å². The van der Waals surface area contributed by atoms with Crippen molar-refractivity contribution in [2.75, 3.05) is 5.75 Å². The van der Waals surface area contributed by atoms with Crippen LogP contribution in [0.5, 0.6) is 0 Å². The second-order valence-electron chi connectivity index (χ2n) is 4.58. The zero-order valence-corrected chi connectivity index (χ0v) is 13.9. The third-order valence-electron chi connectivity index (χ3n) is 3.20.